The first kappa shape index (κ1) is 11.4. The molecule has 0 aromatic heterocycles. The number of hydrogen-bond donors (Lipinski definition) is 1. The summed E-state index contributed by atoms with van der Waals surface area (Å²) in [5.41, 5.74) is 5.86. The molecule has 0 saturated carbocycles. The summed E-state index contributed by atoms with van der Waals surface area (Å²) in [7, 11) is 0. The molecule has 16 heavy (non-hydrogen) atoms. The first-order valence-electron chi connectivity index (χ1n) is 5.11. The van der Waals surface area contributed by atoms with Crippen molar-refractivity contribution in [3.63, 3.8) is 0 Å². The molecule has 1 aromatic carbocycles. The monoisotopic (exact) mass is 242 g/mol. The highest BCUT2D eigenvalue weighted by Gasteiger charge is 2.28. The van der Waals surface area contributed by atoms with Crippen molar-refractivity contribution in [2.24, 2.45) is 5.73 Å². The van der Waals surface area contributed by atoms with Crippen molar-refractivity contribution in [2.45, 2.75) is 18.9 Å². The van der Waals surface area contributed by atoms with E-state index in [1.54, 1.807) is 0 Å². The summed E-state index contributed by atoms with van der Waals surface area (Å²) in [6.07, 6.45) is 1.43. The largest absolute Gasteiger partial charge is 0.320 e. The quantitative estimate of drug-likeness (QED) is 0.818. The number of carbonyl (C=O) groups excluding carboxylic acids is 1. The number of carbonyl (C=O) groups is 1. The van der Waals surface area contributed by atoms with Crippen LogP contribution in [-0.2, 0) is 4.79 Å². The average Bonchev–Trinajstić information content (AvgIpc) is 2.26. The van der Waals surface area contributed by atoms with Gasteiger partial charge in [0.05, 0.1) is 11.7 Å². The lowest BCUT2D eigenvalue weighted by Crippen LogP contribution is -2.48. The van der Waals surface area contributed by atoms with Gasteiger partial charge in [0, 0.05) is 11.6 Å². The first-order valence-corrected chi connectivity index (χ1v) is 5.49. The summed E-state index contributed by atoms with van der Waals surface area (Å²) in [5.74, 6) is -0.695. The van der Waals surface area contributed by atoms with Crippen LogP contribution in [0.15, 0.2) is 18.2 Å². The lowest BCUT2D eigenvalue weighted by atomic mass is 10.0. The summed E-state index contributed by atoms with van der Waals surface area (Å²) in [4.78, 5) is 13.2. The predicted molar refractivity (Wildman–Crippen MR) is 61.0 cm³/mol. The van der Waals surface area contributed by atoms with Gasteiger partial charge in [-0.05, 0) is 31.0 Å². The van der Waals surface area contributed by atoms with Gasteiger partial charge in [-0.1, -0.05) is 11.6 Å². The van der Waals surface area contributed by atoms with E-state index >= 15 is 0 Å². The normalized spacial score (nSPS) is 21.3. The first-order chi connectivity index (χ1) is 7.59. The van der Waals surface area contributed by atoms with Crippen molar-refractivity contribution in [2.75, 3.05) is 11.4 Å². The fourth-order valence-electron chi connectivity index (χ4n) is 1.83. The molecule has 5 heteroatoms. The SMILES string of the molecule is NC1CCCN(c2cc(Cl)ccc2F)C1=O. The second kappa shape index (κ2) is 4.39. The Hall–Kier alpha value is -1.13. The summed E-state index contributed by atoms with van der Waals surface area (Å²) in [6.45, 7) is 0.490. The Labute approximate surface area is 98.0 Å². The molecular formula is C11H12ClFN2O. The van der Waals surface area contributed by atoms with E-state index in [1.165, 1.54) is 23.1 Å². The van der Waals surface area contributed by atoms with Gasteiger partial charge in [0.1, 0.15) is 5.82 Å². The number of hydrogen-bond acceptors (Lipinski definition) is 2. The molecule has 2 N–H and O–H groups in total. The van der Waals surface area contributed by atoms with Crippen LogP contribution >= 0.6 is 11.6 Å². The Balaban J connectivity index is 2.35. The van der Waals surface area contributed by atoms with Crippen LogP contribution in [0.25, 0.3) is 0 Å². The van der Waals surface area contributed by atoms with Crippen LogP contribution in [0.2, 0.25) is 5.02 Å². The number of amides is 1. The second-order valence-corrected chi connectivity index (χ2v) is 4.27. The zero-order valence-electron chi connectivity index (χ0n) is 8.62. The van der Waals surface area contributed by atoms with E-state index in [4.69, 9.17) is 17.3 Å². The van der Waals surface area contributed by atoms with E-state index in [0.717, 1.165) is 6.42 Å². The second-order valence-electron chi connectivity index (χ2n) is 3.83. The Morgan fingerprint density at radius 1 is 1.50 bits per heavy atom. The van der Waals surface area contributed by atoms with Crippen molar-refractivity contribution in [1.29, 1.82) is 0 Å². The molecule has 1 heterocycles. The van der Waals surface area contributed by atoms with Crippen LogP contribution in [0.4, 0.5) is 10.1 Å². The van der Waals surface area contributed by atoms with Gasteiger partial charge in [0.25, 0.3) is 0 Å². The average molecular weight is 243 g/mol. The minimum absolute atomic E-state index is 0.215. The fourth-order valence-corrected chi connectivity index (χ4v) is 2.00. The third kappa shape index (κ3) is 2.03. The number of benzene rings is 1. The molecule has 86 valence electrons. The lowest BCUT2D eigenvalue weighted by Gasteiger charge is -2.30. The molecule has 1 aliphatic rings. The van der Waals surface area contributed by atoms with Crippen molar-refractivity contribution >= 4 is 23.2 Å². The van der Waals surface area contributed by atoms with E-state index in [2.05, 4.69) is 0 Å². The summed E-state index contributed by atoms with van der Waals surface area (Å²) < 4.78 is 13.6. The van der Waals surface area contributed by atoms with Crippen LogP contribution in [0.1, 0.15) is 12.8 Å². The van der Waals surface area contributed by atoms with Crippen LogP contribution < -0.4 is 10.6 Å². The van der Waals surface area contributed by atoms with E-state index < -0.39 is 11.9 Å². The molecule has 1 unspecified atom stereocenters. The van der Waals surface area contributed by atoms with Gasteiger partial charge in [-0.3, -0.25) is 4.79 Å². The van der Waals surface area contributed by atoms with Gasteiger partial charge in [-0.25, -0.2) is 4.39 Å². The minimum Gasteiger partial charge on any atom is -0.320 e. The number of halogens is 2. The van der Waals surface area contributed by atoms with Crippen molar-refractivity contribution in [1.82, 2.24) is 0 Å². The van der Waals surface area contributed by atoms with E-state index in [0.29, 0.717) is 18.0 Å². The minimum atomic E-state index is -0.535. The topological polar surface area (TPSA) is 46.3 Å². The summed E-state index contributed by atoms with van der Waals surface area (Å²) >= 11 is 5.78. The van der Waals surface area contributed by atoms with Crippen molar-refractivity contribution in [3.8, 4) is 0 Å². The smallest absolute Gasteiger partial charge is 0.243 e. The van der Waals surface area contributed by atoms with Crippen LogP contribution in [0.3, 0.4) is 0 Å². The highest BCUT2D eigenvalue weighted by Crippen LogP contribution is 2.26. The molecule has 1 amide bonds. The molecule has 1 fully saturated rings. The third-order valence-corrected chi connectivity index (χ3v) is 2.91. The summed E-state index contributed by atoms with van der Waals surface area (Å²) in [5, 5.41) is 0.406. The van der Waals surface area contributed by atoms with Gasteiger partial charge in [0.15, 0.2) is 0 Å². The number of nitrogens with two attached hydrogens (primary N) is 1. The van der Waals surface area contributed by atoms with E-state index in [1.807, 2.05) is 0 Å². The van der Waals surface area contributed by atoms with Gasteiger partial charge >= 0.3 is 0 Å². The summed E-state index contributed by atoms with van der Waals surface area (Å²) in [6, 6.07) is 3.62. The van der Waals surface area contributed by atoms with Gasteiger partial charge in [-0.15, -0.1) is 0 Å². The van der Waals surface area contributed by atoms with Crippen LogP contribution in [-0.4, -0.2) is 18.5 Å². The number of rotatable bonds is 1. The molecule has 1 aliphatic heterocycles. The fraction of sp³-hybridized carbons (Fsp3) is 0.364. The van der Waals surface area contributed by atoms with Crippen molar-refractivity contribution < 1.29 is 9.18 Å². The Kier molecular flexibility index (Phi) is 3.12. The molecular weight excluding hydrogens is 231 g/mol. The molecule has 0 radical (unpaired) electrons. The number of nitrogens with zero attached hydrogens (tertiary/aromatic N) is 1. The molecule has 0 bridgehead atoms. The molecule has 2 rings (SSSR count). The Morgan fingerprint density at radius 2 is 2.25 bits per heavy atom. The van der Waals surface area contributed by atoms with Gasteiger partial charge in [-0.2, -0.15) is 0 Å². The predicted octanol–water partition coefficient (Wildman–Crippen LogP) is 1.93. The molecule has 0 spiro atoms. The molecule has 1 saturated heterocycles. The van der Waals surface area contributed by atoms with Gasteiger partial charge < -0.3 is 10.6 Å². The van der Waals surface area contributed by atoms with Gasteiger partial charge in [0.2, 0.25) is 5.91 Å². The highest BCUT2D eigenvalue weighted by atomic mass is 35.5. The number of piperidine rings is 1. The van der Waals surface area contributed by atoms with E-state index in [9.17, 15) is 9.18 Å². The lowest BCUT2D eigenvalue weighted by molar-refractivity contribution is -0.120. The van der Waals surface area contributed by atoms with E-state index in [-0.39, 0.29) is 11.6 Å². The third-order valence-electron chi connectivity index (χ3n) is 2.68. The standard InChI is InChI=1S/C11H12ClFN2O/c12-7-3-4-8(13)10(6-7)15-5-1-2-9(14)11(15)16/h3-4,6,9H,1-2,5,14H2. The van der Waals surface area contributed by atoms with Crippen LogP contribution in [0.5, 0.6) is 0 Å². The molecule has 1 aromatic rings. The zero-order chi connectivity index (χ0) is 11.7. The molecule has 3 nitrogen and oxygen atoms in total. The Bertz CT molecular complexity index is 424. The Morgan fingerprint density at radius 3 is 3.00 bits per heavy atom. The van der Waals surface area contributed by atoms with Crippen molar-refractivity contribution in [3.05, 3.63) is 29.0 Å². The number of anilines is 1. The maximum Gasteiger partial charge on any atom is 0.243 e. The van der Waals surface area contributed by atoms with Crippen LogP contribution in [0, 0.1) is 5.82 Å². The zero-order valence-corrected chi connectivity index (χ0v) is 9.38. The molecule has 0 aliphatic carbocycles. The molecule has 1 atom stereocenters. The maximum atomic E-state index is 13.6. The maximum absolute atomic E-state index is 13.6. The highest BCUT2D eigenvalue weighted by molar-refractivity contribution is 6.31.